The topological polar surface area (TPSA) is 74.7 Å². The highest BCUT2D eigenvalue weighted by atomic mass is 16.4. The zero-order valence-corrected chi connectivity index (χ0v) is 16.9. The molecule has 1 amide bonds. The minimum absolute atomic E-state index is 0.0582. The Hall–Kier alpha value is -2.17. The maximum absolute atomic E-state index is 12.8. The van der Waals surface area contributed by atoms with Crippen LogP contribution in [0.25, 0.3) is 0 Å². The third-order valence-electron chi connectivity index (χ3n) is 6.35. The molecule has 5 heteroatoms. The van der Waals surface area contributed by atoms with Crippen molar-refractivity contribution in [1.82, 2.24) is 4.90 Å². The van der Waals surface area contributed by atoms with Crippen LogP contribution in [0, 0.1) is 17.3 Å². The molecule has 1 heterocycles. The van der Waals surface area contributed by atoms with E-state index in [0.717, 1.165) is 18.4 Å². The number of carboxylic acids is 1. The summed E-state index contributed by atoms with van der Waals surface area (Å²) in [5.41, 5.74) is 1.15. The maximum atomic E-state index is 12.8. The summed E-state index contributed by atoms with van der Waals surface area (Å²) in [7, 11) is 0. The molecular formula is C23H31NO4. The second kappa shape index (κ2) is 8.46. The summed E-state index contributed by atoms with van der Waals surface area (Å²) in [5, 5.41) is 9.42. The fourth-order valence-electron chi connectivity index (χ4n) is 4.37. The lowest BCUT2D eigenvalue weighted by molar-refractivity contribution is -0.159. The highest BCUT2D eigenvalue weighted by Crippen LogP contribution is 2.44. The minimum atomic E-state index is -0.849. The van der Waals surface area contributed by atoms with Crippen molar-refractivity contribution < 1.29 is 19.5 Å². The molecule has 0 aromatic heterocycles. The van der Waals surface area contributed by atoms with Crippen molar-refractivity contribution in [2.75, 3.05) is 13.1 Å². The van der Waals surface area contributed by atoms with Crippen molar-refractivity contribution in [3.8, 4) is 0 Å². The van der Waals surface area contributed by atoms with Gasteiger partial charge in [-0.1, -0.05) is 44.5 Å². The summed E-state index contributed by atoms with van der Waals surface area (Å²) in [6, 6.07) is 7.92. The van der Waals surface area contributed by atoms with Crippen molar-refractivity contribution in [3.05, 3.63) is 35.4 Å². The Morgan fingerprint density at radius 2 is 1.71 bits per heavy atom. The second-order valence-electron chi connectivity index (χ2n) is 8.93. The van der Waals surface area contributed by atoms with Crippen LogP contribution in [-0.4, -0.2) is 40.8 Å². The highest BCUT2D eigenvalue weighted by Gasteiger charge is 2.46. The molecule has 152 valence electrons. The summed E-state index contributed by atoms with van der Waals surface area (Å²) in [6.45, 7) is 5.43. The van der Waals surface area contributed by atoms with Crippen LogP contribution in [0.2, 0.25) is 0 Å². The smallest absolute Gasteiger partial charge is 0.310 e. The molecule has 28 heavy (non-hydrogen) atoms. The van der Waals surface area contributed by atoms with Gasteiger partial charge in [0, 0.05) is 31.0 Å². The SMILES string of the molecule is CC(C)Cc1ccc(C(=O)C2CCN(C(=O)CC3(C(=O)O)CCC3)CC2)cc1. The normalized spacial score (nSPS) is 19.3. The largest absolute Gasteiger partial charge is 0.481 e. The predicted molar refractivity (Wildman–Crippen MR) is 107 cm³/mol. The predicted octanol–water partition coefficient (Wildman–Crippen LogP) is 3.95. The van der Waals surface area contributed by atoms with Crippen LogP contribution in [-0.2, 0) is 16.0 Å². The monoisotopic (exact) mass is 385 g/mol. The molecule has 1 saturated carbocycles. The lowest BCUT2D eigenvalue weighted by atomic mass is 9.66. The molecule has 0 unspecified atom stereocenters. The highest BCUT2D eigenvalue weighted by molar-refractivity contribution is 5.98. The van der Waals surface area contributed by atoms with E-state index in [9.17, 15) is 19.5 Å². The quantitative estimate of drug-likeness (QED) is 0.721. The van der Waals surface area contributed by atoms with Gasteiger partial charge < -0.3 is 10.0 Å². The number of rotatable bonds is 7. The molecule has 0 atom stereocenters. The number of amides is 1. The van der Waals surface area contributed by atoms with Gasteiger partial charge in [-0.25, -0.2) is 0 Å². The Balaban J connectivity index is 1.52. The van der Waals surface area contributed by atoms with Crippen LogP contribution >= 0.6 is 0 Å². The van der Waals surface area contributed by atoms with E-state index in [1.165, 1.54) is 5.56 Å². The fourth-order valence-corrected chi connectivity index (χ4v) is 4.37. The molecular weight excluding hydrogens is 354 g/mol. The number of carbonyl (C=O) groups excluding carboxylic acids is 2. The molecule has 0 radical (unpaired) electrons. The number of piperidine rings is 1. The Labute approximate surface area is 167 Å². The number of ketones is 1. The number of hydrogen-bond donors (Lipinski definition) is 1. The van der Waals surface area contributed by atoms with Gasteiger partial charge >= 0.3 is 5.97 Å². The van der Waals surface area contributed by atoms with Gasteiger partial charge in [0.05, 0.1) is 5.41 Å². The van der Waals surface area contributed by atoms with Crippen LogP contribution < -0.4 is 0 Å². The summed E-state index contributed by atoms with van der Waals surface area (Å²) < 4.78 is 0. The molecule has 0 spiro atoms. The van der Waals surface area contributed by atoms with Crippen LogP contribution in [0.15, 0.2) is 24.3 Å². The number of hydrogen-bond acceptors (Lipinski definition) is 3. The summed E-state index contributed by atoms with van der Waals surface area (Å²) in [5.74, 6) is -0.242. The minimum Gasteiger partial charge on any atom is -0.481 e. The standard InChI is InChI=1S/C23H31NO4/c1-16(2)14-17-4-6-18(7-5-17)21(26)19-8-12-24(13-9-19)20(25)15-23(22(27)28)10-3-11-23/h4-7,16,19H,3,8-15H2,1-2H3,(H,27,28). The molecule has 1 aliphatic carbocycles. The van der Waals surface area contributed by atoms with E-state index in [0.29, 0.717) is 44.7 Å². The van der Waals surface area contributed by atoms with Gasteiger partial charge in [0.15, 0.2) is 5.78 Å². The van der Waals surface area contributed by atoms with Crippen LogP contribution in [0.4, 0.5) is 0 Å². The Kier molecular flexibility index (Phi) is 6.21. The van der Waals surface area contributed by atoms with Crippen molar-refractivity contribution in [1.29, 1.82) is 0 Å². The molecule has 0 bridgehead atoms. The van der Waals surface area contributed by atoms with E-state index in [-0.39, 0.29) is 24.0 Å². The lowest BCUT2D eigenvalue weighted by Gasteiger charge is -2.39. The zero-order valence-electron chi connectivity index (χ0n) is 16.9. The molecule has 2 aliphatic rings. The molecule has 2 fully saturated rings. The first kappa shape index (κ1) is 20.6. The summed E-state index contributed by atoms with van der Waals surface area (Å²) in [4.78, 5) is 38.6. The van der Waals surface area contributed by atoms with Crippen LogP contribution in [0.5, 0.6) is 0 Å². The first-order valence-corrected chi connectivity index (χ1v) is 10.4. The van der Waals surface area contributed by atoms with E-state index in [4.69, 9.17) is 0 Å². The van der Waals surface area contributed by atoms with Gasteiger partial charge in [0.2, 0.25) is 5.91 Å². The van der Waals surface area contributed by atoms with Gasteiger partial charge in [-0.3, -0.25) is 14.4 Å². The van der Waals surface area contributed by atoms with Gasteiger partial charge in [0.1, 0.15) is 0 Å². The molecule has 1 N–H and O–H groups in total. The third kappa shape index (κ3) is 4.45. The number of carbonyl (C=O) groups is 3. The number of Topliss-reactive ketones (excluding diaryl/α,β-unsaturated/α-hetero) is 1. The second-order valence-corrected chi connectivity index (χ2v) is 8.93. The molecule has 5 nitrogen and oxygen atoms in total. The number of nitrogens with zero attached hydrogens (tertiary/aromatic N) is 1. The van der Waals surface area contributed by atoms with Crippen molar-refractivity contribution in [3.63, 3.8) is 0 Å². The molecule has 1 saturated heterocycles. The number of benzene rings is 1. The van der Waals surface area contributed by atoms with E-state index in [1.807, 2.05) is 24.3 Å². The Morgan fingerprint density at radius 1 is 1.11 bits per heavy atom. The van der Waals surface area contributed by atoms with Gasteiger partial charge in [-0.15, -0.1) is 0 Å². The molecule has 1 aliphatic heterocycles. The fraction of sp³-hybridized carbons (Fsp3) is 0.609. The van der Waals surface area contributed by atoms with E-state index in [2.05, 4.69) is 13.8 Å². The number of aliphatic carboxylic acids is 1. The molecule has 3 rings (SSSR count). The number of carboxylic acid groups (broad SMARTS) is 1. The molecule has 1 aromatic carbocycles. The maximum Gasteiger partial charge on any atom is 0.310 e. The molecule has 1 aromatic rings. The van der Waals surface area contributed by atoms with Crippen LogP contribution in [0.3, 0.4) is 0 Å². The van der Waals surface area contributed by atoms with E-state index < -0.39 is 11.4 Å². The third-order valence-corrected chi connectivity index (χ3v) is 6.35. The number of likely N-dealkylation sites (tertiary alicyclic amines) is 1. The first-order chi connectivity index (χ1) is 13.3. The summed E-state index contributed by atoms with van der Waals surface area (Å²) in [6.07, 6.45) is 4.47. The van der Waals surface area contributed by atoms with Gasteiger partial charge in [-0.05, 0) is 43.6 Å². The average molecular weight is 386 g/mol. The lowest BCUT2D eigenvalue weighted by Crippen LogP contribution is -2.46. The Bertz CT molecular complexity index is 725. The van der Waals surface area contributed by atoms with Crippen LogP contribution in [0.1, 0.15) is 68.3 Å². The summed E-state index contributed by atoms with van der Waals surface area (Å²) >= 11 is 0. The first-order valence-electron chi connectivity index (χ1n) is 10.4. The van der Waals surface area contributed by atoms with E-state index in [1.54, 1.807) is 4.90 Å². The van der Waals surface area contributed by atoms with Crippen molar-refractivity contribution >= 4 is 17.7 Å². The zero-order chi connectivity index (χ0) is 20.3. The van der Waals surface area contributed by atoms with E-state index >= 15 is 0 Å². The average Bonchev–Trinajstić information content (AvgIpc) is 2.64. The van der Waals surface area contributed by atoms with Crippen molar-refractivity contribution in [2.24, 2.45) is 17.3 Å². The Morgan fingerprint density at radius 3 is 2.18 bits per heavy atom. The van der Waals surface area contributed by atoms with Gasteiger partial charge in [-0.2, -0.15) is 0 Å². The van der Waals surface area contributed by atoms with Gasteiger partial charge in [0.25, 0.3) is 0 Å². The van der Waals surface area contributed by atoms with Crippen molar-refractivity contribution in [2.45, 2.75) is 58.8 Å².